The van der Waals surface area contributed by atoms with Crippen molar-refractivity contribution in [2.24, 2.45) is 0 Å². The van der Waals surface area contributed by atoms with Gasteiger partial charge >= 0.3 is 0 Å². The van der Waals surface area contributed by atoms with E-state index in [1.54, 1.807) is 11.3 Å². The van der Waals surface area contributed by atoms with E-state index in [0.717, 1.165) is 27.7 Å². The Hall–Kier alpha value is -2.89. The monoisotopic (exact) mass is 311 g/mol. The second-order valence-electron chi connectivity index (χ2n) is 5.21. The molecular formula is C21H13NS. The molecule has 23 heavy (non-hydrogen) atoms. The minimum absolute atomic E-state index is 0.825. The van der Waals surface area contributed by atoms with E-state index in [-0.39, 0.29) is 0 Å². The lowest BCUT2D eigenvalue weighted by molar-refractivity contribution is 1.36. The van der Waals surface area contributed by atoms with Crippen LogP contribution in [0.25, 0.3) is 22.0 Å². The average molecular weight is 311 g/mol. The normalized spacial score (nSPS) is 10.3. The molecule has 2 heterocycles. The van der Waals surface area contributed by atoms with E-state index >= 15 is 0 Å². The summed E-state index contributed by atoms with van der Waals surface area (Å²) in [6.45, 7) is 0. The first-order valence-electron chi connectivity index (χ1n) is 7.39. The van der Waals surface area contributed by atoms with Crippen molar-refractivity contribution in [1.29, 1.82) is 0 Å². The zero-order valence-electron chi connectivity index (χ0n) is 12.4. The molecule has 108 valence electrons. The Labute approximate surface area is 139 Å². The molecule has 0 aliphatic heterocycles. The van der Waals surface area contributed by atoms with Gasteiger partial charge in [-0.25, -0.2) is 4.98 Å². The minimum Gasteiger partial charge on any atom is -0.239 e. The number of hydrogen-bond donors (Lipinski definition) is 0. The first kappa shape index (κ1) is 13.8. The van der Waals surface area contributed by atoms with E-state index in [2.05, 4.69) is 40.8 Å². The zero-order chi connectivity index (χ0) is 15.5. The Morgan fingerprint density at radius 2 is 1.65 bits per heavy atom. The van der Waals surface area contributed by atoms with E-state index in [1.807, 2.05) is 48.5 Å². The number of rotatable bonds is 1. The average Bonchev–Trinajstić information content (AvgIpc) is 3.14. The molecule has 0 saturated carbocycles. The Morgan fingerprint density at radius 3 is 2.48 bits per heavy atom. The highest BCUT2D eigenvalue weighted by Gasteiger charge is 2.07. The van der Waals surface area contributed by atoms with Crippen molar-refractivity contribution in [3.63, 3.8) is 0 Å². The van der Waals surface area contributed by atoms with E-state index < -0.39 is 0 Å². The number of benzene rings is 2. The van der Waals surface area contributed by atoms with Crippen molar-refractivity contribution in [2.45, 2.75) is 0 Å². The molecule has 0 unspecified atom stereocenters. The molecule has 2 heteroatoms. The summed E-state index contributed by atoms with van der Waals surface area (Å²) in [5, 5.41) is 5.36. The molecule has 0 atom stereocenters. The van der Waals surface area contributed by atoms with Crippen LogP contribution in [-0.2, 0) is 0 Å². The van der Waals surface area contributed by atoms with Crippen LogP contribution in [0.1, 0.15) is 11.3 Å². The highest BCUT2D eigenvalue weighted by molar-refractivity contribution is 7.08. The minimum atomic E-state index is 0.825. The predicted octanol–water partition coefficient (Wildman–Crippen LogP) is 5.36. The molecule has 4 rings (SSSR count). The highest BCUT2D eigenvalue weighted by atomic mass is 32.1. The largest absolute Gasteiger partial charge is 0.239 e. The predicted molar refractivity (Wildman–Crippen MR) is 97.5 cm³/mol. The highest BCUT2D eigenvalue weighted by Crippen LogP contribution is 2.28. The summed E-state index contributed by atoms with van der Waals surface area (Å²) in [4.78, 5) is 4.78. The van der Waals surface area contributed by atoms with Gasteiger partial charge in [0, 0.05) is 16.5 Å². The molecule has 0 fully saturated rings. The number of pyridine rings is 1. The number of para-hydroxylation sites is 1. The molecule has 2 aromatic heterocycles. The third-order valence-corrected chi connectivity index (χ3v) is 4.34. The standard InChI is InChI=1S/C21H13NS/c1-2-6-16(7-3-1)10-11-21-19(18-12-13-23-15-18)14-17-8-4-5-9-20(17)22-21/h1-9,12-15H. The third-order valence-electron chi connectivity index (χ3n) is 3.66. The molecule has 0 aliphatic carbocycles. The van der Waals surface area contributed by atoms with Crippen LogP contribution in [0.4, 0.5) is 0 Å². The maximum absolute atomic E-state index is 4.78. The van der Waals surface area contributed by atoms with Gasteiger partial charge in [-0.15, -0.1) is 0 Å². The SMILES string of the molecule is C(#Cc1nc2ccccc2cc1-c1ccsc1)c1ccccc1. The number of aromatic nitrogens is 1. The van der Waals surface area contributed by atoms with Crippen LogP contribution in [0.2, 0.25) is 0 Å². The van der Waals surface area contributed by atoms with Crippen molar-refractivity contribution < 1.29 is 0 Å². The molecule has 0 amide bonds. The van der Waals surface area contributed by atoms with Crippen LogP contribution < -0.4 is 0 Å². The lowest BCUT2D eigenvalue weighted by Gasteiger charge is -2.05. The van der Waals surface area contributed by atoms with Gasteiger partial charge in [0.05, 0.1) is 5.52 Å². The molecule has 0 aliphatic rings. The molecular weight excluding hydrogens is 298 g/mol. The first-order chi connectivity index (χ1) is 11.4. The molecule has 4 aromatic rings. The third kappa shape index (κ3) is 2.88. The first-order valence-corrected chi connectivity index (χ1v) is 8.34. The van der Waals surface area contributed by atoms with Crippen molar-refractivity contribution in [1.82, 2.24) is 4.98 Å². The van der Waals surface area contributed by atoms with Gasteiger partial charge in [-0.1, -0.05) is 42.3 Å². The Balaban J connectivity index is 1.90. The van der Waals surface area contributed by atoms with Gasteiger partial charge in [0.15, 0.2) is 0 Å². The second kappa shape index (κ2) is 6.08. The molecule has 2 aromatic carbocycles. The van der Waals surface area contributed by atoms with Crippen LogP contribution >= 0.6 is 11.3 Å². The molecule has 1 nitrogen and oxygen atoms in total. The van der Waals surface area contributed by atoms with Gasteiger partial charge in [-0.2, -0.15) is 11.3 Å². The summed E-state index contributed by atoms with van der Waals surface area (Å²) in [6.07, 6.45) is 0. The summed E-state index contributed by atoms with van der Waals surface area (Å²) in [7, 11) is 0. The van der Waals surface area contributed by atoms with Crippen molar-refractivity contribution in [2.75, 3.05) is 0 Å². The maximum Gasteiger partial charge on any atom is 0.122 e. The number of nitrogens with zero attached hydrogens (tertiary/aromatic N) is 1. The van der Waals surface area contributed by atoms with Crippen LogP contribution in [-0.4, -0.2) is 4.98 Å². The lowest BCUT2D eigenvalue weighted by Crippen LogP contribution is -1.90. The van der Waals surface area contributed by atoms with Crippen LogP contribution in [0, 0.1) is 11.8 Å². The van der Waals surface area contributed by atoms with E-state index in [4.69, 9.17) is 4.98 Å². The fraction of sp³-hybridized carbons (Fsp3) is 0. The maximum atomic E-state index is 4.78. The molecule has 0 spiro atoms. The summed E-state index contributed by atoms with van der Waals surface area (Å²) in [6, 6.07) is 22.5. The molecule has 0 bridgehead atoms. The lowest BCUT2D eigenvalue weighted by atomic mass is 10.0. The van der Waals surface area contributed by atoms with E-state index in [1.165, 1.54) is 5.56 Å². The summed E-state index contributed by atoms with van der Waals surface area (Å²) < 4.78 is 0. The van der Waals surface area contributed by atoms with Gasteiger partial charge in [-0.05, 0) is 52.6 Å². The summed E-state index contributed by atoms with van der Waals surface area (Å²) in [5.41, 5.74) is 5.06. The van der Waals surface area contributed by atoms with Crippen LogP contribution in [0.5, 0.6) is 0 Å². The van der Waals surface area contributed by atoms with Crippen molar-refractivity contribution >= 4 is 22.2 Å². The Bertz CT molecular complexity index is 1010. The zero-order valence-corrected chi connectivity index (χ0v) is 13.2. The quantitative estimate of drug-likeness (QED) is 0.431. The van der Waals surface area contributed by atoms with Crippen molar-refractivity contribution in [3.8, 4) is 23.0 Å². The Morgan fingerprint density at radius 1 is 0.826 bits per heavy atom. The number of thiophene rings is 1. The van der Waals surface area contributed by atoms with Crippen molar-refractivity contribution in [3.05, 3.63) is 88.7 Å². The number of fused-ring (bicyclic) bond motifs is 1. The summed E-state index contributed by atoms with van der Waals surface area (Å²) in [5.74, 6) is 6.47. The molecule has 0 radical (unpaired) electrons. The fourth-order valence-corrected chi connectivity index (χ4v) is 3.16. The molecule has 0 saturated heterocycles. The van der Waals surface area contributed by atoms with E-state index in [9.17, 15) is 0 Å². The van der Waals surface area contributed by atoms with Gasteiger partial charge < -0.3 is 0 Å². The van der Waals surface area contributed by atoms with Gasteiger partial charge in [0.2, 0.25) is 0 Å². The second-order valence-corrected chi connectivity index (χ2v) is 5.99. The van der Waals surface area contributed by atoms with Crippen LogP contribution in [0.15, 0.2) is 77.5 Å². The van der Waals surface area contributed by atoms with Gasteiger partial charge in [0.1, 0.15) is 5.69 Å². The molecule has 0 N–H and O–H groups in total. The topological polar surface area (TPSA) is 12.9 Å². The Kier molecular flexibility index (Phi) is 3.63. The van der Waals surface area contributed by atoms with Gasteiger partial charge in [-0.3, -0.25) is 0 Å². The fourth-order valence-electron chi connectivity index (χ4n) is 2.50. The van der Waals surface area contributed by atoms with Crippen LogP contribution in [0.3, 0.4) is 0 Å². The van der Waals surface area contributed by atoms with Gasteiger partial charge in [0.25, 0.3) is 0 Å². The van der Waals surface area contributed by atoms with E-state index in [0.29, 0.717) is 0 Å². The smallest absolute Gasteiger partial charge is 0.122 e. The summed E-state index contributed by atoms with van der Waals surface area (Å²) >= 11 is 1.69. The number of hydrogen-bond acceptors (Lipinski definition) is 2.